The zero-order valence-corrected chi connectivity index (χ0v) is 47.9. The number of thioether (sulfide) groups is 1. The van der Waals surface area contributed by atoms with E-state index in [4.69, 9.17) is 28.7 Å². The normalized spacial score (nSPS) is 24.2. The van der Waals surface area contributed by atoms with Crippen molar-refractivity contribution in [2.75, 3.05) is 45.9 Å². The van der Waals surface area contributed by atoms with Crippen molar-refractivity contribution >= 4 is 76.9 Å². The fourth-order valence-electron chi connectivity index (χ4n) is 12.1. The van der Waals surface area contributed by atoms with Gasteiger partial charge in [-0.3, -0.25) is 48.3 Å². The van der Waals surface area contributed by atoms with Gasteiger partial charge in [0.05, 0.1) is 25.3 Å². The van der Waals surface area contributed by atoms with Crippen molar-refractivity contribution in [2.24, 2.45) is 44.6 Å². The molecular weight excluding hydrogens is 1110 g/mol. The number of nitrogens with zero attached hydrogens (tertiary/aromatic N) is 6. The largest absolute Gasteiger partial charge is 0.480 e. The molecule has 4 heterocycles. The van der Waals surface area contributed by atoms with Crippen LogP contribution >= 0.6 is 11.8 Å². The fourth-order valence-corrected chi connectivity index (χ4v) is 13.4. The summed E-state index contributed by atoms with van der Waals surface area (Å²) in [7, 11) is 0. The number of hydrogen-bond acceptors (Lipinski definition) is 15. The Kier molecular flexibility index (Phi) is 23.1. The zero-order valence-electron chi connectivity index (χ0n) is 47.0. The van der Waals surface area contributed by atoms with E-state index in [0.717, 1.165) is 29.1 Å². The van der Waals surface area contributed by atoms with E-state index >= 15 is 0 Å². The van der Waals surface area contributed by atoms with Crippen LogP contribution in [0.15, 0.2) is 75.5 Å². The van der Waals surface area contributed by atoms with Crippen LogP contribution in [0.4, 0.5) is 0 Å². The Labute approximate surface area is 491 Å². The van der Waals surface area contributed by atoms with E-state index in [9.17, 15) is 58.5 Å². The molecule has 1 aliphatic carbocycles. The third kappa shape index (κ3) is 16.8. The van der Waals surface area contributed by atoms with Gasteiger partial charge in [-0.05, 0) is 87.8 Å². The SMILES string of the molecule is NC(N)=NCCC[C@@H](N)C(=O)N[C@@H](CCCN=C(N)N)C(=O)N1CCC[C@H]1C(=O)N1C[C@H](O)C[C@H]1C(=O)NCC(=O)N[C@@H](Cc1ccccc1)C(=O)N[C@@H](CO)C(=O)N1C[C@@H](Sc2ccccc2)C[C@@H]1C(=O)N1[C@H](C(=O)O)C[C@@H]2CCCC[C@@H]21. The molecule has 1 saturated carbocycles. The maximum atomic E-state index is 14.8. The number of nitrogens with two attached hydrogens (primary N) is 5. The van der Waals surface area contributed by atoms with Crippen LogP contribution < -0.4 is 49.9 Å². The molecule has 0 aromatic heterocycles. The molecule has 0 bridgehead atoms. The summed E-state index contributed by atoms with van der Waals surface area (Å²) in [5, 5.41) is 42.1. The third-order valence-corrected chi connectivity index (χ3v) is 17.4. The average Bonchev–Trinajstić information content (AvgIpc) is 3.40. The fraction of sp³-hybridized carbons (Fsp3) is 0.589. The zero-order chi connectivity index (χ0) is 60.6. The van der Waals surface area contributed by atoms with Crippen LogP contribution in [0.1, 0.15) is 89.0 Å². The molecule has 0 radical (unpaired) electrons. The summed E-state index contributed by atoms with van der Waals surface area (Å²) in [5.41, 5.74) is 28.5. The maximum Gasteiger partial charge on any atom is 0.326 e. The number of likely N-dealkylation sites (tertiary alicyclic amines) is 4. The minimum Gasteiger partial charge on any atom is -0.480 e. The molecule has 17 N–H and O–H groups in total. The van der Waals surface area contributed by atoms with Crippen LogP contribution in [0.2, 0.25) is 0 Å². The number of aliphatic hydroxyl groups is 2. The Balaban J connectivity index is 1.01. The Morgan fingerprint density at radius 2 is 1.30 bits per heavy atom. The van der Waals surface area contributed by atoms with Crippen LogP contribution in [0, 0.1) is 5.92 Å². The molecule has 12 atom stereocenters. The van der Waals surface area contributed by atoms with E-state index in [1.807, 2.05) is 30.3 Å². The smallest absolute Gasteiger partial charge is 0.326 e. The van der Waals surface area contributed by atoms with Gasteiger partial charge in [0, 0.05) is 61.8 Å². The Morgan fingerprint density at radius 3 is 1.96 bits per heavy atom. The van der Waals surface area contributed by atoms with Gasteiger partial charge in [-0.2, -0.15) is 0 Å². The summed E-state index contributed by atoms with van der Waals surface area (Å²) < 4.78 is 0. The van der Waals surface area contributed by atoms with Gasteiger partial charge in [0.25, 0.3) is 0 Å². The van der Waals surface area contributed by atoms with Crippen LogP contribution in [-0.2, 0) is 49.6 Å². The van der Waals surface area contributed by atoms with E-state index in [1.54, 1.807) is 30.3 Å². The number of aliphatic carboxylic acids is 1. The number of rotatable bonds is 26. The summed E-state index contributed by atoms with van der Waals surface area (Å²) in [4.78, 5) is 140. The first-order valence-corrected chi connectivity index (χ1v) is 29.7. The van der Waals surface area contributed by atoms with Crippen molar-refractivity contribution in [1.29, 1.82) is 0 Å². The number of guanidine groups is 2. The lowest BCUT2D eigenvalue weighted by Gasteiger charge is -2.37. The van der Waals surface area contributed by atoms with Gasteiger partial charge in [-0.1, -0.05) is 61.4 Å². The number of hydrogen-bond donors (Lipinski definition) is 12. The van der Waals surface area contributed by atoms with Gasteiger partial charge in [0.2, 0.25) is 47.3 Å². The van der Waals surface area contributed by atoms with Gasteiger partial charge in [-0.15, -0.1) is 11.8 Å². The summed E-state index contributed by atoms with van der Waals surface area (Å²) in [6, 6.07) is 8.06. The second kappa shape index (κ2) is 30.3. The number of benzene rings is 2. The number of aliphatic hydroxyl groups excluding tert-OH is 2. The highest BCUT2D eigenvalue weighted by atomic mass is 32.2. The summed E-state index contributed by atoms with van der Waals surface area (Å²) >= 11 is 1.46. The number of aliphatic imine (C=N–C) groups is 2. The standard InChI is InChI=1S/C56H81N15O12S/c57-37(17-9-21-62-55(58)59)47(75)66-38(18-10-22-63-56(60)61)50(78)68-23-11-20-42(68)52(80)69-29-34(73)26-43(69)49(77)64-28-46(74)65-39(24-32-12-3-1-4-13-32)48(76)67-40(31-72)51(79)70-30-36(84-35-15-5-2-6-16-35)27-44(70)53(81)71-41-19-8-7-14-33(41)25-45(71)54(82)83/h1-6,12-13,15-16,33-34,36-45,72-73H,7-11,14,17-31,57H2,(H,64,77)(H,65,74)(H,66,75)(H,67,76)(H,82,83)(H4,58,59,62)(H4,60,61,63)/t33-,34+,36-,37+,38-,39-,40-,41-,42-,43-,44+,45-/m0/s1. The van der Waals surface area contributed by atoms with Crippen molar-refractivity contribution in [1.82, 2.24) is 40.9 Å². The van der Waals surface area contributed by atoms with Gasteiger partial charge in [0.1, 0.15) is 42.3 Å². The predicted octanol–water partition coefficient (Wildman–Crippen LogP) is -2.81. The molecule has 28 heteroatoms. The first kappa shape index (κ1) is 64.0. The lowest BCUT2D eigenvalue weighted by atomic mass is 9.84. The molecule has 27 nitrogen and oxygen atoms in total. The summed E-state index contributed by atoms with van der Waals surface area (Å²) in [6.07, 6.45) is 3.78. The van der Waals surface area contributed by atoms with Gasteiger partial charge in [-0.25, -0.2) is 4.79 Å². The quantitative estimate of drug-likeness (QED) is 0.0257. The minimum absolute atomic E-state index is 0.0100. The van der Waals surface area contributed by atoms with Crippen molar-refractivity contribution in [3.05, 3.63) is 66.2 Å². The number of amides is 8. The van der Waals surface area contributed by atoms with Crippen molar-refractivity contribution < 1.29 is 58.5 Å². The number of carbonyl (C=O) groups is 9. The Morgan fingerprint density at radius 1 is 0.655 bits per heavy atom. The number of fused-ring (bicyclic) bond motifs is 1. The first-order valence-electron chi connectivity index (χ1n) is 28.8. The number of nitrogens with one attached hydrogen (secondary N) is 4. The number of carboxylic acids is 1. The van der Waals surface area contributed by atoms with E-state index in [1.165, 1.54) is 26.5 Å². The van der Waals surface area contributed by atoms with Crippen LogP contribution in [-0.4, -0.2) is 212 Å². The average molecular weight is 1190 g/mol. The highest BCUT2D eigenvalue weighted by Gasteiger charge is 2.53. The van der Waals surface area contributed by atoms with Crippen molar-refractivity contribution in [3.8, 4) is 0 Å². The Bertz CT molecular complexity index is 2720. The molecule has 4 saturated heterocycles. The van der Waals surface area contributed by atoms with Gasteiger partial charge < -0.3 is 84.9 Å². The van der Waals surface area contributed by atoms with Gasteiger partial charge >= 0.3 is 5.97 Å². The molecule has 0 spiro atoms. The second-order valence-corrected chi connectivity index (χ2v) is 23.5. The number of carboxylic acid groups (broad SMARTS) is 1. The predicted molar refractivity (Wildman–Crippen MR) is 310 cm³/mol. The van der Waals surface area contributed by atoms with Crippen LogP contribution in [0.25, 0.3) is 0 Å². The molecule has 458 valence electrons. The molecule has 4 aliphatic heterocycles. The second-order valence-electron chi connectivity index (χ2n) is 22.2. The Hall–Kier alpha value is -7.56. The van der Waals surface area contributed by atoms with E-state index in [-0.39, 0.29) is 107 Å². The molecule has 2 aromatic rings. The molecule has 7 rings (SSSR count). The lowest BCUT2D eigenvalue weighted by Crippen LogP contribution is -2.60. The number of carbonyl (C=O) groups excluding carboxylic acids is 8. The summed E-state index contributed by atoms with van der Waals surface area (Å²) in [6.45, 7) is -1.30. The van der Waals surface area contributed by atoms with E-state index in [2.05, 4.69) is 31.3 Å². The monoisotopic (exact) mass is 1190 g/mol. The molecule has 0 unspecified atom stereocenters. The number of β-amino-alcohol motifs (C(OH)–C–C–N with tert-alkyl or cyclic N) is 1. The van der Waals surface area contributed by atoms with E-state index < -0.39 is 121 Å². The van der Waals surface area contributed by atoms with E-state index in [0.29, 0.717) is 31.2 Å². The molecule has 5 aliphatic rings. The van der Waals surface area contributed by atoms with Crippen molar-refractivity contribution in [2.45, 2.75) is 161 Å². The van der Waals surface area contributed by atoms with Crippen LogP contribution in [0.5, 0.6) is 0 Å². The highest BCUT2D eigenvalue weighted by Crippen LogP contribution is 2.42. The first-order chi connectivity index (χ1) is 40.2. The highest BCUT2D eigenvalue weighted by molar-refractivity contribution is 8.00. The van der Waals surface area contributed by atoms with Gasteiger partial charge in [0.15, 0.2) is 11.9 Å². The topological polar surface area (TPSA) is 430 Å². The molecule has 8 amide bonds. The molecular formula is C56H81N15O12S. The summed E-state index contributed by atoms with van der Waals surface area (Å²) in [5.74, 6) is -7.01. The minimum atomic E-state index is -1.60. The maximum absolute atomic E-state index is 14.8. The lowest BCUT2D eigenvalue weighted by molar-refractivity contribution is -0.154. The van der Waals surface area contributed by atoms with Crippen molar-refractivity contribution in [3.63, 3.8) is 0 Å². The third-order valence-electron chi connectivity index (χ3n) is 16.2. The molecule has 2 aromatic carbocycles. The molecule has 5 fully saturated rings. The van der Waals surface area contributed by atoms with Crippen LogP contribution in [0.3, 0.4) is 0 Å². The molecule has 84 heavy (non-hydrogen) atoms.